The Hall–Kier alpha value is -3.04. The zero-order valence-electron chi connectivity index (χ0n) is 26.5. The Morgan fingerprint density at radius 1 is 1.02 bits per heavy atom. The second kappa shape index (κ2) is 18.4. The van der Waals surface area contributed by atoms with Crippen molar-refractivity contribution in [2.75, 3.05) is 27.9 Å². The highest BCUT2D eigenvalue weighted by atomic mass is 32.1. The van der Waals surface area contributed by atoms with E-state index in [9.17, 15) is 9.59 Å². The molecule has 41 heavy (non-hydrogen) atoms. The number of rotatable bonds is 12. The van der Waals surface area contributed by atoms with Gasteiger partial charge in [-0.15, -0.1) is 11.3 Å². The zero-order valence-corrected chi connectivity index (χ0v) is 27.3. The minimum atomic E-state index is -0.465. The first-order chi connectivity index (χ1) is 19.4. The first-order valence-electron chi connectivity index (χ1n) is 14.2. The number of nitrogens with two attached hydrogens (primary N) is 1. The predicted molar refractivity (Wildman–Crippen MR) is 168 cm³/mol. The molecule has 1 aromatic carbocycles. The molecular formula is C32H49N3O5S. The monoisotopic (exact) mass is 587 g/mol. The molecule has 228 valence electrons. The standard InChI is InChI=1S/C13H15NO2S.C11H24O.C8H10N2O2/c1-4-5-10(15)12-11(16-3)7-6-9-13(12)17-8(2)14-9;1-6-10(3)11(4)7-9(2)8-12-5;1-5-4-10-7(12-2)3-6(5)8(9)11/h6-7H,4-5H2,1-3H3;9-11H,6-8H2,1-5H3;3-4H,1-2H3,(H2,9,11). The van der Waals surface area contributed by atoms with E-state index in [-0.39, 0.29) is 5.78 Å². The van der Waals surface area contributed by atoms with Crippen molar-refractivity contribution in [1.29, 1.82) is 0 Å². The largest absolute Gasteiger partial charge is 0.496 e. The summed E-state index contributed by atoms with van der Waals surface area (Å²) in [6.45, 7) is 15.8. The van der Waals surface area contributed by atoms with Gasteiger partial charge in [0.25, 0.3) is 0 Å². The molecule has 2 N–H and O–H groups in total. The molecule has 3 unspecified atom stereocenters. The molecule has 1 amide bonds. The van der Waals surface area contributed by atoms with E-state index in [1.807, 2.05) is 26.0 Å². The molecule has 0 radical (unpaired) electrons. The van der Waals surface area contributed by atoms with Crippen molar-refractivity contribution in [3.05, 3.63) is 46.1 Å². The Balaban J connectivity index is 0.000000316. The Morgan fingerprint density at radius 3 is 2.24 bits per heavy atom. The summed E-state index contributed by atoms with van der Waals surface area (Å²) in [6.07, 6.45) is 5.53. The number of carbonyl (C=O) groups excluding carboxylic acids is 2. The molecule has 2 aromatic heterocycles. The fourth-order valence-corrected chi connectivity index (χ4v) is 5.35. The van der Waals surface area contributed by atoms with Crippen molar-refractivity contribution in [3.63, 3.8) is 0 Å². The molecule has 3 aromatic rings. The van der Waals surface area contributed by atoms with Gasteiger partial charge in [-0.2, -0.15) is 0 Å². The number of nitrogens with zero attached hydrogens (tertiary/aromatic N) is 2. The van der Waals surface area contributed by atoms with E-state index in [0.29, 0.717) is 35.1 Å². The number of carbonyl (C=O) groups is 2. The third-order valence-electron chi connectivity index (χ3n) is 7.00. The quantitative estimate of drug-likeness (QED) is 0.219. The number of fused-ring (bicyclic) bond motifs is 1. The maximum atomic E-state index is 12.1. The number of amides is 1. The van der Waals surface area contributed by atoms with Crippen molar-refractivity contribution < 1.29 is 23.8 Å². The van der Waals surface area contributed by atoms with Gasteiger partial charge in [-0.05, 0) is 62.1 Å². The van der Waals surface area contributed by atoms with Crippen LogP contribution in [0.5, 0.6) is 11.6 Å². The third kappa shape index (κ3) is 11.4. The predicted octanol–water partition coefficient (Wildman–Crippen LogP) is 7.43. The van der Waals surface area contributed by atoms with E-state index in [1.54, 1.807) is 38.7 Å². The fourth-order valence-electron chi connectivity index (χ4n) is 4.37. The summed E-state index contributed by atoms with van der Waals surface area (Å²) >= 11 is 1.55. The van der Waals surface area contributed by atoms with Crippen LogP contribution in [0.25, 0.3) is 10.2 Å². The number of ketones is 1. The molecule has 0 aliphatic carbocycles. The number of pyridine rings is 1. The molecule has 0 saturated carbocycles. The molecule has 3 atom stereocenters. The second-order valence-electron chi connectivity index (χ2n) is 10.5. The van der Waals surface area contributed by atoms with Crippen molar-refractivity contribution in [2.45, 2.75) is 74.1 Å². The summed E-state index contributed by atoms with van der Waals surface area (Å²) in [5.74, 6) is 3.12. The van der Waals surface area contributed by atoms with Crippen molar-refractivity contribution >= 4 is 33.2 Å². The molecule has 0 aliphatic heterocycles. The van der Waals surface area contributed by atoms with Crippen LogP contribution in [-0.2, 0) is 4.74 Å². The van der Waals surface area contributed by atoms with Crippen LogP contribution >= 0.6 is 11.3 Å². The minimum absolute atomic E-state index is 0.138. The lowest BCUT2D eigenvalue weighted by Crippen LogP contribution is -2.14. The van der Waals surface area contributed by atoms with Gasteiger partial charge in [-0.3, -0.25) is 9.59 Å². The number of Topliss-reactive ketones (excluding diaryl/α,β-unsaturated/α-hetero) is 1. The number of hydrogen-bond donors (Lipinski definition) is 1. The molecule has 0 bridgehead atoms. The molecule has 3 rings (SSSR count). The molecule has 9 heteroatoms. The van der Waals surface area contributed by atoms with E-state index in [1.165, 1.54) is 26.0 Å². The van der Waals surface area contributed by atoms with Crippen LogP contribution in [-0.4, -0.2) is 49.6 Å². The summed E-state index contributed by atoms with van der Waals surface area (Å²) in [5.41, 5.74) is 7.89. The Labute approximate surface area is 250 Å². The van der Waals surface area contributed by atoms with Gasteiger partial charge < -0.3 is 19.9 Å². The maximum Gasteiger partial charge on any atom is 0.249 e. The van der Waals surface area contributed by atoms with Gasteiger partial charge in [0.05, 0.1) is 35.0 Å². The highest BCUT2D eigenvalue weighted by Crippen LogP contribution is 2.33. The number of thiazole rings is 1. The van der Waals surface area contributed by atoms with E-state index in [0.717, 1.165) is 45.7 Å². The molecule has 0 aliphatic rings. The number of aryl methyl sites for hydroxylation is 2. The number of aromatic nitrogens is 2. The van der Waals surface area contributed by atoms with Gasteiger partial charge in [-0.1, -0.05) is 41.0 Å². The fraction of sp³-hybridized carbons (Fsp3) is 0.562. The molecule has 8 nitrogen and oxygen atoms in total. The SMILES string of the molecule is CCC(C)C(C)CC(C)COC.CCCC(=O)c1c(OC)ccc2nc(C)sc12.COc1cc(C(N)=O)c(C)cn1. The number of hydrogen-bond acceptors (Lipinski definition) is 8. The summed E-state index contributed by atoms with van der Waals surface area (Å²) in [6, 6.07) is 5.25. The summed E-state index contributed by atoms with van der Waals surface area (Å²) < 4.78 is 16.2. The Morgan fingerprint density at radius 2 is 1.71 bits per heavy atom. The number of methoxy groups -OCH3 is 3. The zero-order chi connectivity index (χ0) is 31.1. The third-order valence-corrected chi connectivity index (χ3v) is 8.00. The maximum absolute atomic E-state index is 12.1. The van der Waals surface area contributed by atoms with Gasteiger partial charge >= 0.3 is 0 Å². The highest BCUT2D eigenvalue weighted by molar-refractivity contribution is 7.19. The van der Waals surface area contributed by atoms with Crippen molar-refractivity contribution in [1.82, 2.24) is 9.97 Å². The van der Waals surface area contributed by atoms with Crippen LogP contribution in [0, 0.1) is 31.6 Å². The Bertz CT molecular complexity index is 1240. The van der Waals surface area contributed by atoms with Gasteiger partial charge in [0.2, 0.25) is 11.8 Å². The van der Waals surface area contributed by atoms with Crippen molar-refractivity contribution in [2.24, 2.45) is 23.5 Å². The van der Waals surface area contributed by atoms with E-state index in [2.05, 4.69) is 37.7 Å². The topological polar surface area (TPSA) is 114 Å². The van der Waals surface area contributed by atoms with E-state index in [4.69, 9.17) is 19.9 Å². The number of primary amides is 1. The van der Waals surface area contributed by atoms with Crippen LogP contribution in [0.2, 0.25) is 0 Å². The van der Waals surface area contributed by atoms with Gasteiger partial charge in [0.15, 0.2) is 5.78 Å². The summed E-state index contributed by atoms with van der Waals surface area (Å²) in [7, 11) is 4.87. The van der Waals surface area contributed by atoms with Gasteiger partial charge in [0.1, 0.15) is 5.75 Å². The first kappa shape index (κ1) is 36.0. The molecular weight excluding hydrogens is 538 g/mol. The smallest absolute Gasteiger partial charge is 0.249 e. The lowest BCUT2D eigenvalue weighted by molar-refractivity contribution is 0.0977. The minimum Gasteiger partial charge on any atom is -0.496 e. The molecule has 2 heterocycles. The van der Waals surface area contributed by atoms with Gasteiger partial charge in [0, 0.05) is 38.0 Å². The highest BCUT2D eigenvalue weighted by Gasteiger charge is 2.18. The van der Waals surface area contributed by atoms with E-state index < -0.39 is 5.91 Å². The average molecular weight is 588 g/mol. The molecule has 0 spiro atoms. The Kier molecular flexibility index (Phi) is 16.2. The number of benzene rings is 1. The van der Waals surface area contributed by atoms with Crippen LogP contribution in [0.15, 0.2) is 24.4 Å². The molecule has 0 fully saturated rings. The molecule has 0 saturated heterocycles. The van der Waals surface area contributed by atoms with Crippen molar-refractivity contribution in [3.8, 4) is 11.6 Å². The second-order valence-corrected chi connectivity index (χ2v) is 11.7. The number of ether oxygens (including phenoxy) is 3. The van der Waals surface area contributed by atoms with E-state index >= 15 is 0 Å². The van der Waals surface area contributed by atoms with Gasteiger partial charge in [-0.25, -0.2) is 9.97 Å². The average Bonchev–Trinajstić information content (AvgIpc) is 3.33. The lowest BCUT2D eigenvalue weighted by atomic mass is 9.86. The van der Waals surface area contributed by atoms with Crippen LogP contribution in [0.3, 0.4) is 0 Å². The van der Waals surface area contributed by atoms with Crippen LogP contribution < -0.4 is 15.2 Å². The van der Waals surface area contributed by atoms with Crippen LogP contribution in [0.1, 0.15) is 91.6 Å². The first-order valence-corrected chi connectivity index (χ1v) is 15.0. The lowest BCUT2D eigenvalue weighted by Gasteiger charge is -2.21. The van der Waals surface area contributed by atoms with Crippen LogP contribution in [0.4, 0.5) is 0 Å². The summed E-state index contributed by atoms with van der Waals surface area (Å²) in [4.78, 5) is 31.3. The summed E-state index contributed by atoms with van der Waals surface area (Å²) in [5, 5.41) is 0.971. The normalized spacial score (nSPS) is 12.7.